The van der Waals surface area contributed by atoms with E-state index < -0.39 is 0 Å². The van der Waals surface area contributed by atoms with Gasteiger partial charge in [0.1, 0.15) is 0 Å². The van der Waals surface area contributed by atoms with Gasteiger partial charge < -0.3 is 4.90 Å². The number of para-hydroxylation sites is 1. The molecule has 164 valence electrons. The molecule has 3 aromatic heterocycles. The molecule has 0 spiro atoms. The number of amides is 1. The second-order valence-corrected chi connectivity index (χ2v) is 11.3. The predicted molar refractivity (Wildman–Crippen MR) is 131 cm³/mol. The van der Waals surface area contributed by atoms with Crippen molar-refractivity contribution in [2.75, 3.05) is 18.8 Å². The highest BCUT2D eigenvalue weighted by Gasteiger charge is 2.31. The molecular formula is C23H23N5OS3. The molecule has 0 radical (unpaired) electrons. The lowest BCUT2D eigenvalue weighted by Crippen LogP contribution is -2.39. The SMILES string of the molecule is O=C(CSc1nnc(-c2cccs2)n1C1CC1)N1CCC(c2nc3ccccc3s2)CC1. The Kier molecular flexibility index (Phi) is 5.48. The van der Waals surface area contributed by atoms with E-state index in [1.54, 1.807) is 22.7 Å². The van der Waals surface area contributed by atoms with Gasteiger partial charge in [0.25, 0.3) is 0 Å². The molecule has 32 heavy (non-hydrogen) atoms. The third-order valence-electron chi connectivity index (χ3n) is 6.15. The number of thiophene rings is 1. The van der Waals surface area contributed by atoms with Crippen LogP contribution in [0.25, 0.3) is 20.9 Å². The monoisotopic (exact) mass is 481 g/mol. The first-order valence-electron chi connectivity index (χ1n) is 11.0. The summed E-state index contributed by atoms with van der Waals surface area (Å²) in [5.41, 5.74) is 1.09. The summed E-state index contributed by atoms with van der Waals surface area (Å²) in [4.78, 5) is 20.9. The molecule has 9 heteroatoms. The number of thioether (sulfide) groups is 1. The zero-order chi connectivity index (χ0) is 21.5. The molecular weight excluding hydrogens is 458 g/mol. The Morgan fingerprint density at radius 3 is 2.66 bits per heavy atom. The highest BCUT2D eigenvalue weighted by Crippen LogP contribution is 2.42. The molecule has 0 N–H and O–H groups in total. The normalized spacial score (nSPS) is 17.3. The van der Waals surface area contributed by atoms with Gasteiger partial charge >= 0.3 is 0 Å². The molecule has 4 heterocycles. The van der Waals surface area contributed by atoms with Gasteiger partial charge in [-0.25, -0.2) is 4.98 Å². The van der Waals surface area contributed by atoms with Crippen molar-refractivity contribution in [2.45, 2.75) is 42.8 Å². The van der Waals surface area contributed by atoms with Crippen molar-refractivity contribution in [3.63, 3.8) is 0 Å². The summed E-state index contributed by atoms with van der Waals surface area (Å²) in [6.07, 6.45) is 4.29. The van der Waals surface area contributed by atoms with Crippen LogP contribution in [0.5, 0.6) is 0 Å². The minimum atomic E-state index is 0.195. The number of hydrogen-bond acceptors (Lipinski definition) is 7. The van der Waals surface area contributed by atoms with Crippen LogP contribution in [0, 0.1) is 0 Å². The molecule has 1 aromatic carbocycles. The van der Waals surface area contributed by atoms with Crippen molar-refractivity contribution >= 4 is 50.6 Å². The minimum Gasteiger partial charge on any atom is -0.342 e. The molecule has 0 unspecified atom stereocenters. The fourth-order valence-electron chi connectivity index (χ4n) is 4.27. The molecule has 2 aliphatic rings. The zero-order valence-electron chi connectivity index (χ0n) is 17.5. The molecule has 6 nitrogen and oxygen atoms in total. The first kappa shape index (κ1) is 20.4. The summed E-state index contributed by atoms with van der Waals surface area (Å²) in [5, 5.41) is 13.0. The number of nitrogens with zero attached hydrogens (tertiary/aromatic N) is 5. The number of hydrogen-bond donors (Lipinski definition) is 0. The largest absolute Gasteiger partial charge is 0.342 e. The predicted octanol–water partition coefficient (Wildman–Crippen LogP) is 5.45. The number of carbonyl (C=O) groups excluding carboxylic acids is 1. The molecule has 0 atom stereocenters. The van der Waals surface area contributed by atoms with Crippen LogP contribution in [0.1, 0.15) is 42.7 Å². The standard InChI is InChI=1S/C23H23N5OS3/c29-20(14-31-23-26-25-21(19-6-3-13-30-19)28(23)16-7-8-16)27-11-9-15(10-12-27)22-24-17-4-1-2-5-18(17)32-22/h1-6,13,15-16H,7-12,14H2. The van der Waals surface area contributed by atoms with Crippen molar-refractivity contribution in [1.82, 2.24) is 24.6 Å². The average molecular weight is 482 g/mol. The maximum Gasteiger partial charge on any atom is 0.233 e. The van der Waals surface area contributed by atoms with Crippen LogP contribution < -0.4 is 0 Å². The van der Waals surface area contributed by atoms with E-state index in [-0.39, 0.29) is 5.91 Å². The fourth-order valence-corrected chi connectivity index (χ4v) is 7.02. The van der Waals surface area contributed by atoms with Gasteiger partial charge in [-0.15, -0.1) is 32.9 Å². The van der Waals surface area contributed by atoms with Crippen LogP contribution in [-0.2, 0) is 4.79 Å². The van der Waals surface area contributed by atoms with E-state index in [0.29, 0.717) is 17.7 Å². The lowest BCUT2D eigenvalue weighted by Gasteiger charge is -2.31. The highest BCUT2D eigenvalue weighted by molar-refractivity contribution is 7.99. The van der Waals surface area contributed by atoms with Gasteiger partial charge in [-0.05, 0) is 49.3 Å². The van der Waals surface area contributed by atoms with Gasteiger partial charge in [0, 0.05) is 25.0 Å². The first-order chi connectivity index (χ1) is 15.8. The van der Waals surface area contributed by atoms with E-state index in [2.05, 4.69) is 44.4 Å². The van der Waals surface area contributed by atoms with E-state index >= 15 is 0 Å². The summed E-state index contributed by atoms with van der Waals surface area (Å²) in [7, 11) is 0. The number of piperidine rings is 1. The summed E-state index contributed by atoms with van der Waals surface area (Å²) in [6.45, 7) is 1.60. The van der Waals surface area contributed by atoms with Crippen molar-refractivity contribution < 1.29 is 4.79 Å². The van der Waals surface area contributed by atoms with Crippen LogP contribution in [0.4, 0.5) is 0 Å². The molecule has 1 aliphatic carbocycles. The molecule has 1 aliphatic heterocycles. The summed E-state index contributed by atoms with van der Waals surface area (Å²) < 4.78 is 3.49. The Balaban J connectivity index is 1.08. The first-order valence-corrected chi connectivity index (χ1v) is 13.7. The molecule has 6 rings (SSSR count). The van der Waals surface area contributed by atoms with Crippen molar-refractivity contribution in [3.8, 4) is 10.7 Å². The van der Waals surface area contributed by atoms with E-state index in [9.17, 15) is 4.79 Å². The summed E-state index contributed by atoms with van der Waals surface area (Å²) >= 11 is 5.01. The molecule has 2 fully saturated rings. The maximum atomic E-state index is 12.9. The van der Waals surface area contributed by atoms with Crippen molar-refractivity contribution in [2.24, 2.45) is 0 Å². The van der Waals surface area contributed by atoms with Gasteiger partial charge in [-0.2, -0.15) is 0 Å². The van der Waals surface area contributed by atoms with Gasteiger partial charge in [-0.3, -0.25) is 9.36 Å². The third kappa shape index (κ3) is 3.97. The minimum absolute atomic E-state index is 0.195. The fraction of sp³-hybridized carbons (Fsp3) is 0.391. The third-order valence-corrected chi connectivity index (χ3v) is 9.14. The molecule has 1 amide bonds. The molecule has 1 saturated heterocycles. The Bertz CT molecular complexity index is 1200. The number of aromatic nitrogens is 4. The smallest absolute Gasteiger partial charge is 0.233 e. The van der Waals surface area contributed by atoms with E-state index in [1.165, 1.54) is 21.5 Å². The van der Waals surface area contributed by atoms with Crippen LogP contribution in [0.15, 0.2) is 46.9 Å². The second kappa shape index (κ2) is 8.61. The Morgan fingerprint density at radius 1 is 1.06 bits per heavy atom. The second-order valence-electron chi connectivity index (χ2n) is 8.35. The lowest BCUT2D eigenvalue weighted by atomic mass is 9.97. The molecule has 0 bridgehead atoms. The zero-order valence-corrected chi connectivity index (χ0v) is 20.0. The van der Waals surface area contributed by atoms with Gasteiger partial charge in [0.05, 0.1) is 25.9 Å². The van der Waals surface area contributed by atoms with Crippen molar-refractivity contribution in [1.29, 1.82) is 0 Å². The molecule has 1 saturated carbocycles. The lowest BCUT2D eigenvalue weighted by molar-refractivity contribution is -0.129. The highest BCUT2D eigenvalue weighted by atomic mass is 32.2. The number of fused-ring (bicyclic) bond motifs is 1. The van der Waals surface area contributed by atoms with Crippen molar-refractivity contribution in [3.05, 3.63) is 46.8 Å². The van der Waals surface area contributed by atoms with Gasteiger partial charge in [0.2, 0.25) is 5.91 Å². The van der Waals surface area contributed by atoms with E-state index in [0.717, 1.165) is 60.1 Å². The van der Waals surface area contributed by atoms with E-state index in [1.807, 2.05) is 17.0 Å². The summed E-state index contributed by atoms with van der Waals surface area (Å²) in [5.74, 6) is 2.01. The molecule has 4 aromatic rings. The number of carbonyl (C=O) groups is 1. The maximum absolute atomic E-state index is 12.9. The van der Waals surface area contributed by atoms with Crippen LogP contribution >= 0.6 is 34.4 Å². The Labute approximate surface area is 198 Å². The van der Waals surface area contributed by atoms with E-state index in [4.69, 9.17) is 4.98 Å². The average Bonchev–Trinajstić information content (AvgIpc) is 3.22. The number of thiazole rings is 1. The van der Waals surface area contributed by atoms with Crippen LogP contribution in [0.2, 0.25) is 0 Å². The topological polar surface area (TPSA) is 63.9 Å². The number of likely N-dealkylation sites (tertiary alicyclic amines) is 1. The Morgan fingerprint density at radius 2 is 1.91 bits per heavy atom. The summed E-state index contributed by atoms with van der Waals surface area (Å²) in [6, 6.07) is 12.9. The van der Waals surface area contributed by atoms with Gasteiger partial charge in [-0.1, -0.05) is 30.0 Å². The number of benzene rings is 1. The van der Waals surface area contributed by atoms with Crippen LogP contribution in [0.3, 0.4) is 0 Å². The quantitative estimate of drug-likeness (QED) is 0.343. The Hall–Kier alpha value is -2.23. The van der Waals surface area contributed by atoms with Crippen LogP contribution in [-0.4, -0.2) is 49.4 Å². The van der Waals surface area contributed by atoms with Gasteiger partial charge in [0.15, 0.2) is 11.0 Å². The number of rotatable bonds is 6.